The quantitative estimate of drug-likeness (QED) is 0.165. The van der Waals surface area contributed by atoms with Crippen LogP contribution in [0.25, 0.3) is 124 Å². The van der Waals surface area contributed by atoms with Gasteiger partial charge in [0.05, 0.1) is 27.6 Å². The second-order valence-electron chi connectivity index (χ2n) is 17.1. The lowest BCUT2D eigenvalue weighted by Crippen LogP contribution is -2.11. The van der Waals surface area contributed by atoms with E-state index in [1.54, 1.807) is 0 Å². The molecule has 0 radical (unpaired) electrons. The summed E-state index contributed by atoms with van der Waals surface area (Å²) in [4.78, 5) is 2.46. The van der Waals surface area contributed by atoms with Crippen LogP contribution in [0.2, 0.25) is 0 Å². The van der Waals surface area contributed by atoms with Gasteiger partial charge in [0.2, 0.25) is 0 Å². The smallest absolute Gasteiger partial charge is 0.137 e. The summed E-state index contributed by atoms with van der Waals surface area (Å²) < 4.78 is 12.0. The molecule has 15 aromatic rings. The zero-order valence-electron chi connectivity index (χ0n) is 34.3. The molecular formula is C60H34N2OS. The molecule has 0 bridgehead atoms. The standard InChI is InChI=1S/C60H34N2OS/c1-2-14-36(15-3-1)61(37-28-29-43-41-18-5-4-16-39(41)40-17-6-7-19-42(40)47(43)34-37)51-30-31-53-58-57-45(23-12-25-52(57)63-53)49-33-35(32-48-44-20-8-10-24-50(44)62(59(48)49)60(51)58)38-22-13-27-55-56(38)46-21-9-11-26-54(46)64-55/h1-34H. The molecule has 4 heteroatoms. The molecule has 4 aromatic heterocycles. The Morgan fingerprint density at radius 3 is 1.77 bits per heavy atom. The molecule has 11 aromatic carbocycles. The minimum Gasteiger partial charge on any atom is -0.456 e. The normalized spacial score (nSPS) is 12.4. The van der Waals surface area contributed by atoms with Crippen LogP contribution in [0.15, 0.2) is 211 Å². The van der Waals surface area contributed by atoms with E-state index >= 15 is 0 Å². The topological polar surface area (TPSA) is 20.8 Å². The van der Waals surface area contributed by atoms with Gasteiger partial charge in [-0.15, -0.1) is 11.3 Å². The second kappa shape index (κ2) is 12.7. The van der Waals surface area contributed by atoms with E-state index in [1.807, 2.05) is 11.3 Å². The monoisotopic (exact) mass is 830 g/mol. The summed E-state index contributed by atoms with van der Waals surface area (Å²) in [7, 11) is 0. The highest BCUT2D eigenvalue weighted by atomic mass is 32.1. The van der Waals surface area contributed by atoms with E-state index in [-0.39, 0.29) is 0 Å². The number of anilines is 3. The lowest BCUT2D eigenvalue weighted by Gasteiger charge is -2.27. The number of aromatic nitrogens is 1. The Balaban J connectivity index is 1.11. The maximum absolute atomic E-state index is 6.88. The average molecular weight is 831 g/mol. The number of para-hydroxylation sites is 2. The first-order chi connectivity index (χ1) is 31.8. The van der Waals surface area contributed by atoms with E-state index < -0.39 is 0 Å². The Hall–Kier alpha value is -8.18. The van der Waals surface area contributed by atoms with Crippen LogP contribution >= 0.6 is 11.3 Å². The van der Waals surface area contributed by atoms with Gasteiger partial charge in [-0.25, -0.2) is 0 Å². The number of hydrogen-bond acceptors (Lipinski definition) is 3. The first kappa shape index (κ1) is 34.4. The summed E-state index contributed by atoms with van der Waals surface area (Å²) in [6, 6.07) is 76.1. The fourth-order valence-electron chi connectivity index (χ4n) is 11.3. The Bertz CT molecular complexity index is 4400. The molecule has 0 aliphatic heterocycles. The molecule has 0 spiro atoms. The molecule has 0 aliphatic rings. The third kappa shape index (κ3) is 4.54. The summed E-state index contributed by atoms with van der Waals surface area (Å²) in [5.41, 5.74) is 11.0. The highest BCUT2D eigenvalue weighted by Gasteiger charge is 2.27. The predicted octanol–water partition coefficient (Wildman–Crippen LogP) is 17.7. The minimum atomic E-state index is 0.874. The van der Waals surface area contributed by atoms with Gasteiger partial charge in [-0.3, -0.25) is 0 Å². The molecular weight excluding hydrogens is 797 g/mol. The molecule has 0 aliphatic carbocycles. The van der Waals surface area contributed by atoms with Crippen LogP contribution in [0.4, 0.5) is 17.1 Å². The summed E-state index contributed by atoms with van der Waals surface area (Å²) in [6.45, 7) is 0. The van der Waals surface area contributed by atoms with Crippen LogP contribution in [0.1, 0.15) is 0 Å². The Morgan fingerprint density at radius 2 is 0.969 bits per heavy atom. The van der Waals surface area contributed by atoms with Crippen molar-refractivity contribution in [3.63, 3.8) is 0 Å². The molecule has 0 unspecified atom stereocenters. The van der Waals surface area contributed by atoms with Gasteiger partial charge in [-0.1, -0.05) is 133 Å². The molecule has 0 fully saturated rings. The fourth-order valence-corrected chi connectivity index (χ4v) is 12.4. The molecule has 3 nitrogen and oxygen atoms in total. The lowest BCUT2D eigenvalue weighted by atomic mass is 9.94. The molecule has 0 saturated carbocycles. The van der Waals surface area contributed by atoms with Crippen molar-refractivity contribution in [2.75, 3.05) is 4.90 Å². The maximum Gasteiger partial charge on any atom is 0.137 e. The lowest BCUT2D eigenvalue weighted by molar-refractivity contribution is 0.669. The highest BCUT2D eigenvalue weighted by molar-refractivity contribution is 7.25. The van der Waals surface area contributed by atoms with Gasteiger partial charge in [0, 0.05) is 53.1 Å². The van der Waals surface area contributed by atoms with Crippen LogP contribution in [0, 0.1) is 0 Å². The Kier molecular flexibility index (Phi) is 6.83. The van der Waals surface area contributed by atoms with Crippen molar-refractivity contribution in [1.29, 1.82) is 0 Å². The molecule has 0 amide bonds. The average Bonchev–Trinajstić information content (AvgIpc) is 4.01. The zero-order chi connectivity index (χ0) is 41.6. The fraction of sp³-hybridized carbons (Fsp3) is 0. The van der Waals surface area contributed by atoms with Crippen molar-refractivity contribution in [3.8, 4) is 11.1 Å². The third-order valence-electron chi connectivity index (χ3n) is 13.9. The van der Waals surface area contributed by atoms with E-state index in [0.717, 1.165) is 50.0 Å². The van der Waals surface area contributed by atoms with Crippen molar-refractivity contribution < 1.29 is 4.42 Å². The van der Waals surface area contributed by atoms with E-state index in [2.05, 4.69) is 216 Å². The van der Waals surface area contributed by atoms with Gasteiger partial charge in [-0.05, 0) is 122 Å². The first-order valence-corrected chi connectivity index (χ1v) is 22.7. The number of nitrogens with zero attached hydrogens (tertiary/aromatic N) is 2. The number of benzene rings is 11. The Morgan fingerprint density at radius 1 is 0.359 bits per heavy atom. The van der Waals surface area contributed by atoms with Gasteiger partial charge >= 0.3 is 0 Å². The van der Waals surface area contributed by atoms with Crippen LogP contribution in [-0.2, 0) is 0 Å². The van der Waals surface area contributed by atoms with Crippen molar-refractivity contribution in [2.45, 2.75) is 0 Å². The van der Waals surface area contributed by atoms with E-state index in [9.17, 15) is 0 Å². The SMILES string of the molecule is c1ccc(N(c2ccc3c4ccccc4c4ccccc4c3c2)c2ccc3oc4cccc5c6cc(-c7cccc8sc9ccccc9c78)cc7c8ccccc8n(c2c3c45)c67)cc1. The number of furan rings is 1. The third-order valence-corrected chi connectivity index (χ3v) is 15.0. The molecule has 64 heavy (non-hydrogen) atoms. The molecule has 15 rings (SSSR count). The molecule has 4 heterocycles. The molecule has 0 atom stereocenters. The maximum atomic E-state index is 6.88. The number of thiophene rings is 1. The van der Waals surface area contributed by atoms with E-state index in [1.165, 1.54) is 90.7 Å². The van der Waals surface area contributed by atoms with Crippen molar-refractivity contribution >= 4 is 141 Å². The van der Waals surface area contributed by atoms with Crippen molar-refractivity contribution in [2.24, 2.45) is 0 Å². The number of fused-ring (bicyclic) bond motifs is 14. The van der Waals surface area contributed by atoms with E-state index in [0.29, 0.717) is 0 Å². The summed E-state index contributed by atoms with van der Waals surface area (Å²) >= 11 is 1.87. The van der Waals surface area contributed by atoms with Crippen LogP contribution < -0.4 is 4.90 Å². The summed E-state index contributed by atoms with van der Waals surface area (Å²) in [5, 5.41) is 17.3. The first-order valence-electron chi connectivity index (χ1n) is 21.9. The largest absolute Gasteiger partial charge is 0.456 e. The van der Waals surface area contributed by atoms with Crippen LogP contribution in [0.3, 0.4) is 0 Å². The Labute approximate surface area is 370 Å². The number of rotatable bonds is 4. The predicted molar refractivity (Wildman–Crippen MR) is 274 cm³/mol. The van der Waals surface area contributed by atoms with Crippen molar-refractivity contribution in [1.82, 2.24) is 4.40 Å². The summed E-state index contributed by atoms with van der Waals surface area (Å²) in [5.74, 6) is 0. The molecule has 296 valence electrons. The summed E-state index contributed by atoms with van der Waals surface area (Å²) in [6.07, 6.45) is 0. The van der Waals surface area contributed by atoms with E-state index in [4.69, 9.17) is 4.42 Å². The van der Waals surface area contributed by atoms with Gasteiger partial charge in [0.1, 0.15) is 11.2 Å². The van der Waals surface area contributed by atoms with Gasteiger partial charge in [0.15, 0.2) is 0 Å². The molecule has 0 saturated heterocycles. The van der Waals surface area contributed by atoms with Gasteiger partial charge in [-0.2, -0.15) is 0 Å². The van der Waals surface area contributed by atoms with Gasteiger partial charge < -0.3 is 13.7 Å². The van der Waals surface area contributed by atoms with Crippen LogP contribution in [-0.4, -0.2) is 4.40 Å². The zero-order valence-corrected chi connectivity index (χ0v) is 35.2. The second-order valence-corrected chi connectivity index (χ2v) is 18.2. The molecule has 0 N–H and O–H groups in total. The minimum absolute atomic E-state index is 0.874. The highest BCUT2D eigenvalue weighted by Crippen LogP contribution is 2.50. The van der Waals surface area contributed by atoms with Crippen LogP contribution in [0.5, 0.6) is 0 Å². The number of hydrogen-bond donors (Lipinski definition) is 0. The van der Waals surface area contributed by atoms with Crippen molar-refractivity contribution in [3.05, 3.63) is 206 Å². The van der Waals surface area contributed by atoms with Gasteiger partial charge in [0.25, 0.3) is 0 Å².